The summed E-state index contributed by atoms with van der Waals surface area (Å²) in [5.74, 6) is 0.517. The zero-order valence-corrected chi connectivity index (χ0v) is 10.1. The van der Waals surface area contributed by atoms with E-state index in [1.807, 2.05) is 6.08 Å². The average molecular weight is 232 g/mol. The van der Waals surface area contributed by atoms with Crippen molar-refractivity contribution < 1.29 is 14.6 Å². The van der Waals surface area contributed by atoms with Crippen LogP contribution in [0.3, 0.4) is 0 Å². The molecule has 0 unspecified atom stereocenters. The number of carbonyl (C=O) groups excluding carboxylic acids is 1. The predicted molar refractivity (Wildman–Crippen MR) is 64.6 cm³/mol. The molecule has 0 heterocycles. The number of allylic oxidation sites excluding steroid dienone is 2. The van der Waals surface area contributed by atoms with Crippen molar-refractivity contribution in [1.82, 2.24) is 0 Å². The van der Waals surface area contributed by atoms with Crippen molar-refractivity contribution in [3.8, 4) is 5.75 Å². The van der Waals surface area contributed by atoms with Crippen LogP contribution < -0.4 is 0 Å². The maximum absolute atomic E-state index is 11.9. The average Bonchev–Trinajstić information content (AvgIpc) is 2.59. The number of phenols is 1. The van der Waals surface area contributed by atoms with Crippen LogP contribution in [0.25, 0.3) is 0 Å². The van der Waals surface area contributed by atoms with Gasteiger partial charge in [-0.25, -0.2) is 4.79 Å². The molecule has 0 atom stereocenters. The fourth-order valence-electron chi connectivity index (χ4n) is 1.90. The van der Waals surface area contributed by atoms with Crippen molar-refractivity contribution in [2.75, 3.05) is 0 Å². The van der Waals surface area contributed by atoms with E-state index in [0.717, 1.165) is 18.6 Å². The third-order valence-corrected chi connectivity index (χ3v) is 3.07. The van der Waals surface area contributed by atoms with Crippen molar-refractivity contribution in [3.05, 3.63) is 41.7 Å². The molecule has 17 heavy (non-hydrogen) atoms. The van der Waals surface area contributed by atoms with Crippen LogP contribution in [0, 0.1) is 5.41 Å². The van der Waals surface area contributed by atoms with Crippen LogP contribution in [0.2, 0.25) is 0 Å². The number of hydrogen-bond acceptors (Lipinski definition) is 3. The van der Waals surface area contributed by atoms with Gasteiger partial charge in [-0.1, -0.05) is 13.8 Å². The Morgan fingerprint density at radius 2 is 1.94 bits per heavy atom. The first-order chi connectivity index (χ1) is 7.99. The zero-order chi connectivity index (χ0) is 12.5. The molecular formula is C14H16O3. The van der Waals surface area contributed by atoms with Gasteiger partial charge in [-0.2, -0.15) is 0 Å². The molecular weight excluding hydrogens is 216 g/mol. The Bertz CT molecular complexity index is 455. The van der Waals surface area contributed by atoms with E-state index in [-0.39, 0.29) is 17.1 Å². The molecule has 1 aliphatic rings. The summed E-state index contributed by atoms with van der Waals surface area (Å²) in [6, 6.07) is 6.07. The summed E-state index contributed by atoms with van der Waals surface area (Å²) in [4.78, 5) is 11.9. The Morgan fingerprint density at radius 3 is 2.47 bits per heavy atom. The normalized spacial score (nSPS) is 17.6. The van der Waals surface area contributed by atoms with Crippen LogP contribution in [-0.2, 0) is 4.74 Å². The number of rotatable bonds is 2. The Hall–Kier alpha value is -1.77. The minimum Gasteiger partial charge on any atom is -0.508 e. The molecule has 1 aromatic carbocycles. The Balaban J connectivity index is 2.10. The quantitative estimate of drug-likeness (QED) is 0.796. The van der Waals surface area contributed by atoms with E-state index in [9.17, 15) is 4.79 Å². The van der Waals surface area contributed by atoms with Crippen molar-refractivity contribution in [2.45, 2.75) is 26.7 Å². The molecule has 90 valence electrons. The lowest BCUT2D eigenvalue weighted by atomic mass is 9.91. The van der Waals surface area contributed by atoms with E-state index >= 15 is 0 Å². The second kappa shape index (κ2) is 4.24. The van der Waals surface area contributed by atoms with E-state index in [2.05, 4.69) is 13.8 Å². The SMILES string of the molecule is CC1(C)CCC=C1OC(=O)c1ccc(O)cc1. The topological polar surface area (TPSA) is 46.5 Å². The molecule has 0 spiro atoms. The zero-order valence-electron chi connectivity index (χ0n) is 10.1. The third kappa shape index (κ3) is 2.49. The number of esters is 1. The van der Waals surface area contributed by atoms with Crippen LogP contribution in [0.4, 0.5) is 0 Å². The van der Waals surface area contributed by atoms with E-state index in [1.165, 1.54) is 12.1 Å². The van der Waals surface area contributed by atoms with E-state index in [0.29, 0.717) is 5.56 Å². The molecule has 0 amide bonds. The summed E-state index contributed by atoms with van der Waals surface area (Å²) in [6.45, 7) is 4.13. The first-order valence-corrected chi connectivity index (χ1v) is 5.71. The van der Waals surface area contributed by atoms with Gasteiger partial charge in [0.1, 0.15) is 11.5 Å². The van der Waals surface area contributed by atoms with Gasteiger partial charge in [0.05, 0.1) is 5.56 Å². The molecule has 3 nitrogen and oxygen atoms in total. The highest BCUT2D eigenvalue weighted by Gasteiger charge is 2.30. The Morgan fingerprint density at radius 1 is 1.29 bits per heavy atom. The lowest BCUT2D eigenvalue weighted by molar-refractivity contribution is 0.0556. The van der Waals surface area contributed by atoms with E-state index in [4.69, 9.17) is 9.84 Å². The number of carbonyl (C=O) groups is 1. The van der Waals surface area contributed by atoms with Gasteiger partial charge in [-0.3, -0.25) is 0 Å². The summed E-state index contributed by atoms with van der Waals surface area (Å²) in [5.41, 5.74) is 0.387. The minimum absolute atomic E-state index is 0.0629. The van der Waals surface area contributed by atoms with Crippen LogP contribution in [0.15, 0.2) is 36.1 Å². The molecule has 0 saturated heterocycles. The molecule has 0 aromatic heterocycles. The van der Waals surface area contributed by atoms with Gasteiger partial charge >= 0.3 is 5.97 Å². The largest absolute Gasteiger partial charge is 0.508 e. The predicted octanol–water partition coefficient (Wildman–Crippen LogP) is 3.25. The molecule has 1 aliphatic carbocycles. The number of ether oxygens (including phenoxy) is 1. The molecule has 1 N–H and O–H groups in total. The summed E-state index contributed by atoms with van der Waals surface area (Å²) >= 11 is 0. The van der Waals surface area contributed by atoms with Gasteiger partial charge in [0.15, 0.2) is 0 Å². The second-order valence-electron chi connectivity index (χ2n) is 4.93. The maximum Gasteiger partial charge on any atom is 0.343 e. The molecule has 0 fully saturated rings. The highest BCUT2D eigenvalue weighted by molar-refractivity contribution is 5.90. The lowest BCUT2D eigenvalue weighted by Crippen LogP contribution is -2.16. The smallest absolute Gasteiger partial charge is 0.343 e. The van der Waals surface area contributed by atoms with E-state index in [1.54, 1.807) is 12.1 Å². The van der Waals surface area contributed by atoms with Crippen LogP contribution in [-0.4, -0.2) is 11.1 Å². The summed E-state index contributed by atoms with van der Waals surface area (Å²) < 4.78 is 5.39. The number of benzene rings is 1. The van der Waals surface area contributed by atoms with Crippen molar-refractivity contribution in [1.29, 1.82) is 0 Å². The second-order valence-corrected chi connectivity index (χ2v) is 4.93. The van der Waals surface area contributed by atoms with Gasteiger partial charge in [0.2, 0.25) is 0 Å². The fraction of sp³-hybridized carbons (Fsp3) is 0.357. The first kappa shape index (κ1) is 11.7. The van der Waals surface area contributed by atoms with Crippen LogP contribution in [0.5, 0.6) is 5.75 Å². The number of aromatic hydroxyl groups is 1. The molecule has 1 aromatic rings. The molecule has 0 radical (unpaired) electrons. The molecule has 2 rings (SSSR count). The Kier molecular flexibility index (Phi) is 2.92. The number of phenolic OH excluding ortho intramolecular Hbond substituents is 1. The minimum atomic E-state index is -0.369. The van der Waals surface area contributed by atoms with Crippen molar-refractivity contribution in [2.24, 2.45) is 5.41 Å². The fourth-order valence-corrected chi connectivity index (χ4v) is 1.90. The molecule has 0 bridgehead atoms. The monoisotopic (exact) mass is 232 g/mol. The lowest BCUT2D eigenvalue weighted by Gasteiger charge is -2.21. The van der Waals surface area contributed by atoms with Gasteiger partial charge in [-0.15, -0.1) is 0 Å². The highest BCUT2D eigenvalue weighted by Crippen LogP contribution is 2.38. The molecule has 3 heteroatoms. The summed E-state index contributed by atoms with van der Waals surface area (Å²) in [7, 11) is 0. The number of hydrogen-bond donors (Lipinski definition) is 1. The molecule has 0 saturated carbocycles. The maximum atomic E-state index is 11.9. The van der Waals surface area contributed by atoms with Crippen molar-refractivity contribution >= 4 is 5.97 Å². The van der Waals surface area contributed by atoms with Crippen LogP contribution in [0.1, 0.15) is 37.0 Å². The van der Waals surface area contributed by atoms with Crippen LogP contribution >= 0.6 is 0 Å². The van der Waals surface area contributed by atoms with E-state index < -0.39 is 0 Å². The van der Waals surface area contributed by atoms with Crippen molar-refractivity contribution in [3.63, 3.8) is 0 Å². The van der Waals surface area contributed by atoms with Gasteiger partial charge < -0.3 is 9.84 Å². The summed E-state index contributed by atoms with van der Waals surface area (Å²) in [6.07, 6.45) is 3.93. The highest BCUT2D eigenvalue weighted by atomic mass is 16.5. The van der Waals surface area contributed by atoms with Gasteiger partial charge in [0.25, 0.3) is 0 Å². The third-order valence-electron chi connectivity index (χ3n) is 3.07. The molecule has 0 aliphatic heterocycles. The van der Waals surface area contributed by atoms with Gasteiger partial charge in [-0.05, 0) is 43.2 Å². The Labute approximate surface area is 101 Å². The first-order valence-electron chi connectivity index (χ1n) is 5.71. The summed E-state index contributed by atoms with van der Waals surface area (Å²) in [5, 5.41) is 9.14. The van der Waals surface area contributed by atoms with Gasteiger partial charge in [0, 0.05) is 5.41 Å². The standard InChI is InChI=1S/C14H16O3/c1-14(2)9-3-4-12(14)17-13(16)10-5-7-11(15)8-6-10/h4-8,15H,3,9H2,1-2H3.